The molecule has 24 heavy (non-hydrogen) atoms. The molecule has 1 aliphatic carbocycles. The Hall–Kier alpha value is -1.03. The standard InChI is InChI=1S/C20H35NO3/c1-7-17(18(22)24-15-11-9-8-10-12-15)23-16-13-19(2,3)21(6)20(4,5)14-16/h7,15-16H,8-14H2,1-6H3. The van der Waals surface area contributed by atoms with E-state index in [0.29, 0.717) is 5.76 Å². The predicted octanol–water partition coefficient (Wildman–Crippen LogP) is 4.43. The van der Waals surface area contributed by atoms with Crippen LogP contribution >= 0.6 is 0 Å². The molecule has 0 aromatic heterocycles. The van der Waals surface area contributed by atoms with Crippen LogP contribution in [0.15, 0.2) is 11.8 Å². The summed E-state index contributed by atoms with van der Waals surface area (Å²) in [6.45, 7) is 10.8. The van der Waals surface area contributed by atoms with Crippen molar-refractivity contribution in [1.82, 2.24) is 4.90 Å². The molecule has 2 fully saturated rings. The van der Waals surface area contributed by atoms with E-state index in [1.165, 1.54) is 6.42 Å². The Kier molecular flexibility index (Phi) is 6.00. The molecule has 0 bridgehead atoms. The van der Waals surface area contributed by atoms with E-state index in [-0.39, 0.29) is 29.3 Å². The highest BCUT2D eigenvalue weighted by Crippen LogP contribution is 2.38. The molecule has 4 heteroatoms. The average Bonchev–Trinajstić information content (AvgIpc) is 2.50. The van der Waals surface area contributed by atoms with Crippen molar-refractivity contribution in [2.45, 2.75) is 103 Å². The van der Waals surface area contributed by atoms with Gasteiger partial charge in [-0.15, -0.1) is 0 Å². The third-order valence-electron chi connectivity index (χ3n) is 5.85. The summed E-state index contributed by atoms with van der Waals surface area (Å²) in [6, 6.07) is 0. The number of piperidine rings is 1. The van der Waals surface area contributed by atoms with Gasteiger partial charge in [0.25, 0.3) is 0 Å². The van der Waals surface area contributed by atoms with Gasteiger partial charge in [0, 0.05) is 23.9 Å². The molecule has 138 valence electrons. The van der Waals surface area contributed by atoms with Gasteiger partial charge in [0.2, 0.25) is 5.76 Å². The van der Waals surface area contributed by atoms with E-state index >= 15 is 0 Å². The molecule has 2 aliphatic rings. The number of carbonyl (C=O) groups is 1. The highest BCUT2D eigenvalue weighted by atomic mass is 16.6. The van der Waals surface area contributed by atoms with Crippen LogP contribution in [-0.4, -0.2) is 41.2 Å². The van der Waals surface area contributed by atoms with E-state index in [2.05, 4.69) is 39.6 Å². The summed E-state index contributed by atoms with van der Waals surface area (Å²) in [5, 5.41) is 0. The number of hydrogen-bond donors (Lipinski definition) is 0. The van der Waals surface area contributed by atoms with Gasteiger partial charge in [-0.1, -0.05) is 6.42 Å². The van der Waals surface area contributed by atoms with Crippen LogP contribution in [0.25, 0.3) is 0 Å². The summed E-state index contributed by atoms with van der Waals surface area (Å²) < 4.78 is 11.8. The molecule has 4 nitrogen and oxygen atoms in total. The quantitative estimate of drug-likeness (QED) is 0.432. The largest absolute Gasteiger partial charge is 0.483 e. The van der Waals surface area contributed by atoms with Crippen molar-refractivity contribution in [3.8, 4) is 0 Å². The maximum atomic E-state index is 12.5. The molecular weight excluding hydrogens is 302 g/mol. The lowest BCUT2D eigenvalue weighted by Gasteiger charge is -2.53. The Bertz CT molecular complexity index is 457. The monoisotopic (exact) mass is 337 g/mol. The minimum atomic E-state index is -0.293. The SMILES string of the molecule is CC=C(OC1CC(C)(C)N(C)C(C)(C)C1)C(=O)OC1CCCCC1. The van der Waals surface area contributed by atoms with Gasteiger partial charge in [-0.3, -0.25) is 4.90 Å². The Morgan fingerprint density at radius 1 is 0.958 bits per heavy atom. The molecule has 0 amide bonds. The second-order valence-electron chi connectivity index (χ2n) is 8.65. The van der Waals surface area contributed by atoms with Crippen LogP contribution in [0.3, 0.4) is 0 Å². The van der Waals surface area contributed by atoms with Gasteiger partial charge >= 0.3 is 5.97 Å². The van der Waals surface area contributed by atoms with Crippen LogP contribution in [0.4, 0.5) is 0 Å². The van der Waals surface area contributed by atoms with Gasteiger partial charge in [0.05, 0.1) is 0 Å². The van der Waals surface area contributed by atoms with Crippen molar-refractivity contribution in [3.05, 3.63) is 11.8 Å². The number of nitrogens with zero attached hydrogens (tertiary/aromatic N) is 1. The normalized spacial score (nSPS) is 26.2. The molecule has 0 radical (unpaired) electrons. The lowest BCUT2D eigenvalue weighted by molar-refractivity contribution is -0.153. The summed E-state index contributed by atoms with van der Waals surface area (Å²) in [6.07, 6.45) is 9.19. The molecule has 0 aromatic rings. The van der Waals surface area contributed by atoms with Gasteiger partial charge in [-0.05, 0) is 73.4 Å². The predicted molar refractivity (Wildman–Crippen MR) is 96.8 cm³/mol. The number of ether oxygens (including phenoxy) is 2. The summed E-state index contributed by atoms with van der Waals surface area (Å²) >= 11 is 0. The summed E-state index contributed by atoms with van der Waals surface area (Å²) in [5.74, 6) is 0.0840. The molecule has 1 heterocycles. The molecule has 1 saturated heterocycles. The summed E-state index contributed by atoms with van der Waals surface area (Å²) in [7, 11) is 2.17. The number of esters is 1. The smallest absolute Gasteiger partial charge is 0.373 e. The highest BCUT2D eigenvalue weighted by molar-refractivity contribution is 5.86. The zero-order valence-electron chi connectivity index (χ0n) is 16.4. The number of likely N-dealkylation sites (tertiary alicyclic amines) is 1. The molecule has 0 unspecified atom stereocenters. The molecular formula is C20H35NO3. The Labute approximate surface area is 147 Å². The summed E-state index contributed by atoms with van der Waals surface area (Å²) in [4.78, 5) is 14.9. The second-order valence-corrected chi connectivity index (χ2v) is 8.65. The average molecular weight is 338 g/mol. The Morgan fingerprint density at radius 3 is 2.00 bits per heavy atom. The molecule has 0 N–H and O–H groups in total. The third kappa shape index (κ3) is 4.53. The van der Waals surface area contributed by atoms with Crippen LogP contribution in [-0.2, 0) is 14.3 Å². The first-order valence-electron chi connectivity index (χ1n) is 9.43. The topological polar surface area (TPSA) is 38.8 Å². The minimum absolute atomic E-state index is 0.0382. The van der Waals surface area contributed by atoms with Crippen molar-refractivity contribution >= 4 is 5.97 Å². The number of allylic oxidation sites excluding steroid dienone is 1. The van der Waals surface area contributed by atoms with Crippen LogP contribution < -0.4 is 0 Å². The van der Waals surface area contributed by atoms with Crippen LogP contribution in [0.1, 0.15) is 79.6 Å². The number of rotatable bonds is 4. The zero-order chi connectivity index (χ0) is 18.0. The fourth-order valence-electron chi connectivity index (χ4n) is 4.17. The second kappa shape index (κ2) is 7.47. The van der Waals surface area contributed by atoms with Gasteiger partial charge < -0.3 is 9.47 Å². The maximum Gasteiger partial charge on any atom is 0.373 e. The molecule has 2 rings (SSSR count). The van der Waals surface area contributed by atoms with Crippen LogP contribution in [0.2, 0.25) is 0 Å². The molecule has 0 atom stereocenters. The fraction of sp³-hybridized carbons (Fsp3) is 0.850. The van der Waals surface area contributed by atoms with Crippen molar-refractivity contribution in [1.29, 1.82) is 0 Å². The van der Waals surface area contributed by atoms with Crippen molar-refractivity contribution in [2.24, 2.45) is 0 Å². The minimum Gasteiger partial charge on any atom is -0.483 e. The van der Waals surface area contributed by atoms with E-state index in [1.54, 1.807) is 6.08 Å². The van der Waals surface area contributed by atoms with E-state index < -0.39 is 0 Å². The molecule has 0 aromatic carbocycles. The van der Waals surface area contributed by atoms with E-state index in [9.17, 15) is 4.79 Å². The first-order chi connectivity index (χ1) is 11.2. The lowest BCUT2D eigenvalue weighted by atomic mass is 9.78. The Morgan fingerprint density at radius 2 is 1.50 bits per heavy atom. The highest BCUT2D eigenvalue weighted by Gasteiger charge is 2.44. The van der Waals surface area contributed by atoms with Gasteiger partial charge in [-0.2, -0.15) is 0 Å². The number of hydrogen-bond acceptors (Lipinski definition) is 4. The first kappa shape index (κ1) is 19.3. The van der Waals surface area contributed by atoms with Gasteiger partial charge in [0.1, 0.15) is 12.2 Å². The lowest BCUT2D eigenvalue weighted by Crippen LogP contribution is -2.60. The van der Waals surface area contributed by atoms with Gasteiger partial charge in [-0.25, -0.2) is 4.79 Å². The van der Waals surface area contributed by atoms with E-state index in [1.807, 2.05) is 6.92 Å². The van der Waals surface area contributed by atoms with Crippen LogP contribution in [0, 0.1) is 0 Å². The zero-order valence-corrected chi connectivity index (χ0v) is 16.4. The molecule has 1 aliphatic heterocycles. The van der Waals surface area contributed by atoms with Crippen molar-refractivity contribution in [2.75, 3.05) is 7.05 Å². The fourth-order valence-corrected chi connectivity index (χ4v) is 4.17. The third-order valence-corrected chi connectivity index (χ3v) is 5.85. The van der Waals surface area contributed by atoms with E-state index in [0.717, 1.165) is 38.5 Å². The van der Waals surface area contributed by atoms with Gasteiger partial charge in [0.15, 0.2) is 0 Å². The van der Waals surface area contributed by atoms with Crippen LogP contribution in [0.5, 0.6) is 0 Å². The molecule has 1 saturated carbocycles. The maximum absolute atomic E-state index is 12.5. The molecule has 0 spiro atoms. The van der Waals surface area contributed by atoms with Crippen molar-refractivity contribution in [3.63, 3.8) is 0 Å². The first-order valence-corrected chi connectivity index (χ1v) is 9.43. The Balaban J connectivity index is 1.98. The van der Waals surface area contributed by atoms with Crippen molar-refractivity contribution < 1.29 is 14.3 Å². The number of carbonyl (C=O) groups excluding carboxylic acids is 1. The van der Waals surface area contributed by atoms with E-state index in [4.69, 9.17) is 9.47 Å². The summed E-state index contributed by atoms with van der Waals surface area (Å²) in [5.41, 5.74) is 0.0804.